The first-order chi connectivity index (χ1) is 6.11. The first kappa shape index (κ1) is 10.9. The molecule has 13 heavy (non-hydrogen) atoms. The fourth-order valence-electron chi connectivity index (χ4n) is 1.92. The van der Waals surface area contributed by atoms with Crippen molar-refractivity contribution in [3.8, 4) is 0 Å². The Balaban J connectivity index is 2.69. The molecule has 0 saturated carbocycles. The Morgan fingerprint density at radius 2 is 1.85 bits per heavy atom. The van der Waals surface area contributed by atoms with E-state index in [0.717, 1.165) is 0 Å². The van der Waals surface area contributed by atoms with E-state index < -0.39 is 0 Å². The predicted octanol–water partition coefficient (Wildman–Crippen LogP) is -0.662. The average molecular weight is 189 g/mol. The molecule has 78 valence electrons. The number of ether oxygens (including phenoxy) is 1. The molecule has 4 N–H and O–H groups in total. The van der Waals surface area contributed by atoms with Gasteiger partial charge in [-0.15, -0.1) is 0 Å². The van der Waals surface area contributed by atoms with Crippen molar-refractivity contribution < 1.29 is 14.9 Å². The van der Waals surface area contributed by atoms with Crippen LogP contribution in [-0.4, -0.2) is 41.7 Å². The standard InChI is InChI=1S/C9H19NO3/c1-5-6(2)13-8(4-12)9(10)7(5)3-11/h5-9,11-12H,3-4,10H2,1-2H3/t5-,6?,7-,8+,9?/m1/s1. The summed E-state index contributed by atoms with van der Waals surface area (Å²) >= 11 is 0. The van der Waals surface area contributed by atoms with Gasteiger partial charge in [0.25, 0.3) is 0 Å². The normalized spacial score (nSPS) is 46.4. The van der Waals surface area contributed by atoms with E-state index in [0.29, 0.717) is 0 Å². The molecule has 1 saturated heterocycles. The zero-order chi connectivity index (χ0) is 10.0. The van der Waals surface area contributed by atoms with E-state index in [4.69, 9.17) is 20.7 Å². The van der Waals surface area contributed by atoms with Gasteiger partial charge in [-0.05, 0) is 12.8 Å². The third kappa shape index (κ3) is 2.02. The molecule has 0 aromatic carbocycles. The van der Waals surface area contributed by atoms with Crippen LogP contribution < -0.4 is 5.73 Å². The lowest BCUT2D eigenvalue weighted by Crippen LogP contribution is -2.56. The van der Waals surface area contributed by atoms with Gasteiger partial charge in [-0.1, -0.05) is 6.92 Å². The second-order valence-electron chi connectivity index (χ2n) is 3.85. The monoisotopic (exact) mass is 189 g/mol. The predicted molar refractivity (Wildman–Crippen MR) is 49.1 cm³/mol. The van der Waals surface area contributed by atoms with E-state index in [9.17, 15) is 0 Å². The van der Waals surface area contributed by atoms with Gasteiger partial charge in [0.2, 0.25) is 0 Å². The van der Waals surface area contributed by atoms with Gasteiger partial charge in [0.15, 0.2) is 0 Å². The molecule has 0 radical (unpaired) electrons. The lowest BCUT2D eigenvalue weighted by molar-refractivity contribution is -0.131. The second-order valence-corrected chi connectivity index (χ2v) is 3.85. The maximum Gasteiger partial charge on any atom is 0.0963 e. The van der Waals surface area contributed by atoms with Crippen molar-refractivity contribution in [2.24, 2.45) is 17.6 Å². The number of aliphatic hydroxyl groups is 2. The number of hydrogen-bond acceptors (Lipinski definition) is 4. The Hall–Kier alpha value is -0.160. The summed E-state index contributed by atoms with van der Waals surface area (Å²) in [5.41, 5.74) is 5.85. The third-order valence-electron chi connectivity index (χ3n) is 3.12. The van der Waals surface area contributed by atoms with Crippen LogP contribution in [0.15, 0.2) is 0 Å². The summed E-state index contributed by atoms with van der Waals surface area (Å²) in [5, 5.41) is 18.1. The Labute approximate surface area is 78.7 Å². The van der Waals surface area contributed by atoms with Gasteiger partial charge in [-0.25, -0.2) is 0 Å². The van der Waals surface area contributed by atoms with Crippen molar-refractivity contribution in [3.63, 3.8) is 0 Å². The molecule has 0 spiro atoms. The molecule has 4 nitrogen and oxygen atoms in total. The lowest BCUT2D eigenvalue weighted by Gasteiger charge is -2.42. The molecule has 0 amide bonds. The van der Waals surface area contributed by atoms with Crippen LogP contribution in [0, 0.1) is 11.8 Å². The first-order valence-corrected chi connectivity index (χ1v) is 4.74. The molecule has 1 aliphatic heterocycles. The summed E-state index contributed by atoms with van der Waals surface area (Å²) in [4.78, 5) is 0. The molecule has 0 aliphatic carbocycles. The van der Waals surface area contributed by atoms with Gasteiger partial charge in [0, 0.05) is 18.6 Å². The van der Waals surface area contributed by atoms with Gasteiger partial charge in [0.05, 0.1) is 18.8 Å². The van der Waals surface area contributed by atoms with Crippen molar-refractivity contribution in [1.82, 2.24) is 0 Å². The summed E-state index contributed by atoms with van der Waals surface area (Å²) in [6.07, 6.45) is -0.280. The smallest absolute Gasteiger partial charge is 0.0963 e. The largest absolute Gasteiger partial charge is 0.396 e. The van der Waals surface area contributed by atoms with Crippen LogP contribution in [0.1, 0.15) is 13.8 Å². The zero-order valence-corrected chi connectivity index (χ0v) is 8.18. The maximum absolute atomic E-state index is 9.15. The quantitative estimate of drug-likeness (QED) is 0.539. The third-order valence-corrected chi connectivity index (χ3v) is 3.12. The van der Waals surface area contributed by atoms with Crippen LogP contribution in [0.5, 0.6) is 0 Å². The van der Waals surface area contributed by atoms with Crippen molar-refractivity contribution in [2.45, 2.75) is 32.1 Å². The van der Waals surface area contributed by atoms with E-state index in [1.165, 1.54) is 0 Å². The fraction of sp³-hybridized carbons (Fsp3) is 1.00. The fourth-order valence-corrected chi connectivity index (χ4v) is 1.92. The number of aliphatic hydroxyl groups excluding tert-OH is 2. The molecule has 4 heteroatoms. The molecular weight excluding hydrogens is 170 g/mol. The number of rotatable bonds is 2. The van der Waals surface area contributed by atoms with Crippen molar-refractivity contribution in [1.29, 1.82) is 0 Å². The van der Waals surface area contributed by atoms with Crippen LogP contribution >= 0.6 is 0 Å². The summed E-state index contributed by atoms with van der Waals surface area (Å²) in [7, 11) is 0. The molecular formula is C9H19NO3. The van der Waals surface area contributed by atoms with E-state index in [-0.39, 0.29) is 43.3 Å². The van der Waals surface area contributed by atoms with Crippen LogP contribution in [0.3, 0.4) is 0 Å². The number of nitrogens with two attached hydrogens (primary N) is 1. The molecule has 1 rings (SSSR count). The van der Waals surface area contributed by atoms with E-state index >= 15 is 0 Å². The topological polar surface area (TPSA) is 75.7 Å². The highest BCUT2D eigenvalue weighted by atomic mass is 16.5. The molecule has 0 aromatic rings. The molecule has 0 bridgehead atoms. The van der Waals surface area contributed by atoms with E-state index in [1.807, 2.05) is 13.8 Å². The van der Waals surface area contributed by atoms with Gasteiger partial charge in [-0.3, -0.25) is 0 Å². The molecule has 0 aromatic heterocycles. The second kappa shape index (κ2) is 4.37. The highest BCUT2D eigenvalue weighted by molar-refractivity contribution is 4.90. The minimum Gasteiger partial charge on any atom is -0.396 e. The van der Waals surface area contributed by atoms with E-state index in [2.05, 4.69) is 0 Å². The van der Waals surface area contributed by atoms with Gasteiger partial charge in [0.1, 0.15) is 0 Å². The van der Waals surface area contributed by atoms with Crippen molar-refractivity contribution >= 4 is 0 Å². The van der Waals surface area contributed by atoms with Gasteiger partial charge < -0.3 is 20.7 Å². The summed E-state index contributed by atoms with van der Waals surface area (Å²) in [6, 6.07) is -0.263. The average Bonchev–Trinajstić information content (AvgIpc) is 2.12. The Kier molecular flexibility index (Phi) is 3.67. The first-order valence-electron chi connectivity index (χ1n) is 4.74. The Morgan fingerprint density at radius 1 is 1.23 bits per heavy atom. The summed E-state index contributed by atoms with van der Waals surface area (Å²) < 4.78 is 5.51. The maximum atomic E-state index is 9.15. The minimum atomic E-state index is -0.330. The lowest BCUT2D eigenvalue weighted by atomic mass is 9.80. The molecule has 5 atom stereocenters. The summed E-state index contributed by atoms with van der Waals surface area (Å²) in [6.45, 7) is 3.95. The zero-order valence-electron chi connectivity index (χ0n) is 8.18. The van der Waals surface area contributed by atoms with Crippen molar-refractivity contribution in [2.75, 3.05) is 13.2 Å². The van der Waals surface area contributed by atoms with Gasteiger partial charge >= 0.3 is 0 Å². The Bertz CT molecular complexity index is 165. The van der Waals surface area contributed by atoms with E-state index in [1.54, 1.807) is 0 Å². The molecule has 1 aliphatic rings. The molecule has 1 fully saturated rings. The van der Waals surface area contributed by atoms with Crippen molar-refractivity contribution in [3.05, 3.63) is 0 Å². The van der Waals surface area contributed by atoms with Crippen LogP contribution in [0.2, 0.25) is 0 Å². The summed E-state index contributed by atoms with van der Waals surface area (Å²) in [5.74, 6) is 0.267. The van der Waals surface area contributed by atoms with Gasteiger partial charge in [-0.2, -0.15) is 0 Å². The van der Waals surface area contributed by atoms with Crippen LogP contribution in [-0.2, 0) is 4.74 Å². The number of hydrogen-bond donors (Lipinski definition) is 3. The minimum absolute atomic E-state index is 0.0286. The van der Waals surface area contributed by atoms with Crippen LogP contribution in [0.25, 0.3) is 0 Å². The Morgan fingerprint density at radius 3 is 2.31 bits per heavy atom. The highest BCUT2D eigenvalue weighted by Gasteiger charge is 2.39. The SMILES string of the molecule is CC1O[C@@H](CO)C(N)[C@H](CO)[C@@H]1C. The highest BCUT2D eigenvalue weighted by Crippen LogP contribution is 2.29. The van der Waals surface area contributed by atoms with Crippen LogP contribution in [0.4, 0.5) is 0 Å². The molecule has 1 heterocycles. The molecule has 2 unspecified atom stereocenters.